The minimum Gasteiger partial charge on any atom is -0.302 e. The van der Waals surface area contributed by atoms with Crippen molar-refractivity contribution in [1.82, 2.24) is 14.1 Å². The van der Waals surface area contributed by atoms with E-state index in [4.69, 9.17) is 0 Å². The Labute approximate surface area is 130 Å². The van der Waals surface area contributed by atoms with Gasteiger partial charge in [-0.2, -0.15) is 4.31 Å². The normalized spacial score (nSPS) is 27.0. The number of unbranched alkanes of at least 4 members (excludes halogenated alkanes) is 1. The lowest BCUT2D eigenvalue weighted by Gasteiger charge is -2.39. The summed E-state index contributed by atoms with van der Waals surface area (Å²) in [6.45, 7) is 7.44. The van der Waals surface area contributed by atoms with Crippen molar-refractivity contribution in [3.63, 3.8) is 0 Å². The van der Waals surface area contributed by atoms with Crippen LogP contribution in [0.2, 0.25) is 0 Å². The van der Waals surface area contributed by atoms with E-state index >= 15 is 0 Å². The van der Waals surface area contributed by atoms with E-state index in [1.54, 1.807) is 4.31 Å². The standard InChI is InChI=1S/C15H31N3O2S/c1-3-4-13-21(19,20)18-11-9-17(10-12-18)14-15-7-5-6-8-16(15)2/h15H,3-14H2,1-2H3/t15-/m1/s1. The van der Waals surface area contributed by atoms with Crippen molar-refractivity contribution in [1.29, 1.82) is 0 Å². The first-order valence-corrected chi connectivity index (χ1v) is 10.0. The molecular weight excluding hydrogens is 286 g/mol. The molecule has 2 aliphatic heterocycles. The average Bonchev–Trinajstić information content (AvgIpc) is 2.48. The van der Waals surface area contributed by atoms with Gasteiger partial charge in [-0.1, -0.05) is 19.8 Å². The topological polar surface area (TPSA) is 43.9 Å². The van der Waals surface area contributed by atoms with Gasteiger partial charge in [0, 0.05) is 38.8 Å². The second-order valence-electron chi connectivity index (χ2n) is 6.50. The van der Waals surface area contributed by atoms with Crippen molar-refractivity contribution in [3.8, 4) is 0 Å². The molecule has 2 rings (SSSR count). The second-order valence-corrected chi connectivity index (χ2v) is 8.59. The molecular formula is C15H31N3O2S. The molecule has 5 nitrogen and oxygen atoms in total. The third-order valence-corrected chi connectivity index (χ3v) is 6.83. The lowest BCUT2D eigenvalue weighted by molar-refractivity contribution is 0.106. The Morgan fingerprint density at radius 1 is 1.05 bits per heavy atom. The monoisotopic (exact) mass is 317 g/mol. The van der Waals surface area contributed by atoms with Crippen LogP contribution in [0.4, 0.5) is 0 Å². The molecule has 1 atom stereocenters. The number of hydrogen-bond acceptors (Lipinski definition) is 4. The molecule has 0 aromatic carbocycles. The van der Waals surface area contributed by atoms with Crippen LogP contribution >= 0.6 is 0 Å². The number of rotatable bonds is 6. The largest absolute Gasteiger partial charge is 0.302 e. The molecule has 2 fully saturated rings. The van der Waals surface area contributed by atoms with Crippen molar-refractivity contribution in [2.45, 2.75) is 45.1 Å². The molecule has 0 saturated carbocycles. The summed E-state index contributed by atoms with van der Waals surface area (Å²) in [6, 6.07) is 0.655. The van der Waals surface area contributed by atoms with Gasteiger partial charge in [-0.25, -0.2) is 8.42 Å². The fourth-order valence-electron chi connectivity index (χ4n) is 3.32. The van der Waals surface area contributed by atoms with E-state index in [-0.39, 0.29) is 0 Å². The van der Waals surface area contributed by atoms with Crippen LogP contribution in [0, 0.1) is 0 Å². The summed E-state index contributed by atoms with van der Waals surface area (Å²) in [4.78, 5) is 4.91. The van der Waals surface area contributed by atoms with Gasteiger partial charge < -0.3 is 4.90 Å². The highest BCUT2D eigenvalue weighted by Crippen LogP contribution is 2.17. The van der Waals surface area contributed by atoms with E-state index in [0.29, 0.717) is 24.9 Å². The summed E-state index contributed by atoms with van der Waals surface area (Å²) >= 11 is 0. The van der Waals surface area contributed by atoms with E-state index < -0.39 is 10.0 Å². The molecule has 21 heavy (non-hydrogen) atoms. The third-order valence-electron chi connectivity index (χ3n) is 4.87. The summed E-state index contributed by atoms with van der Waals surface area (Å²) in [5.74, 6) is 0.314. The van der Waals surface area contributed by atoms with Gasteiger partial charge in [-0.05, 0) is 32.9 Å². The molecule has 0 bridgehead atoms. The fourth-order valence-corrected chi connectivity index (χ4v) is 4.95. The van der Waals surface area contributed by atoms with E-state index in [1.807, 2.05) is 6.92 Å². The molecule has 0 N–H and O–H groups in total. The zero-order chi connectivity index (χ0) is 15.3. The SMILES string of the molecule is CCCCS(=O)(=O)N1CCN(C[C@H]2CCCCN2C)CC1. The van der Waals surface area contributed by atoms with Crippen LogP contribution in [0.3, 0.4) is 0 Å². The molecule has 0 aromatic heterocycles. The number of piperidine rings is 1. The summed E-state index contributed by atoms with van der Waals surface area (Å²) in [6.07, 6.45) is 5.64. The van der Waals surface area contributed by atoms with Crippen molar-refractivity contribution >= 4 is 10.0 Å². The van der Waals surface area contributed by atoms with Crippen molar-refractivity contribution in [2.75, 3.05) is 52.1 Å². The first-order valence-electron chi connectivity index (χ1n) is 8.43. The number of nitrogens with zero attached hydrogens (tertiary/aromatic N) is 3. The lowest BCUT2D eigenvalue weighted by Crippen LogP contribution is -2.53. The smallest absolute Gasteiger partial charge is 0.214 e. The van der Waals surface area contributed by atoms with Crippen molar-refractivity contribution in [3.05, 3.63) is 0 Å². The lowest BCUT2D eigenvalue weighted by atomic mass is 10.0. The highest BCUT2D eigenvalue weighted by molar-refractivity contribution is 7.89. The van der Waals surface area contributed by atoms with Gasteiger partial charge in [0.25, 0.3) is 0 Å². The number of likely N-dealkylation sites (N-methyl/N-ethyl adjacent to an activating group) is 1. The number of hydrogen-bond donors (Lipinski definition) is 0. The van der Waals surface area contributed by atoms with E-state index in [0.717, 1.165) is 32.5 Å². The Bertz CT molecular complexity index is 405. The van der Waals surface area contributed by atoms with Crippen molar-refractivity contribution < 1.29 is 8.42 Å². The maximum Gasteiger partial charge on any atom is 0.214 e. The highest BCUT2D eigenvalue weighted by Gasteiger charge is 2.28. The minimum absolute atomic E-state index is 0.314. The van der Waals surface area contributed by atoms with Crippen molar-refractivity contribution in [2.24, 2.45) is 0 Å². The third kappa shape index (κ3) is 4.91. The van der Waals surface area contributed by atoms with Gasteiger partial charge in [-0.3, -0.25) is 4.90 Å². The molecule has 2 saturated heterocycles. The molecule has 2 aliphatic rings. The molecule has 124 valence electrons. The first-order chi connectivity index (χ1) is 10.0. The van der Waals surface area contributed by atoms with Crippen LogP contribution in [-0.4, -0.2) is 80.6 Å². The summed E-state index contributed by atoms with van der Waals surface area (Å²) < 4.78 is 26.1. The van der Waals surface area contributed by atoms with Crippen LogP contribution in [0.1, 0.15) is 39.0 Å². The molecule has 0 unspecified atom stereocenters. The minimum atomic E-state index is -3.02. The number of sulfonamides is 1. The number of likely N-dealkylation sites (tertiary alicyclic amines) is 1. The fraction of sp³-hybridized carbons (Fsp3) is 1.00. The second kappa shape index (κ2) is 7.90. The maximum absolute atomic E-state index is 12.2. The molecule has 0 aromatic rings. The van der Waals surface area contributed by atoms with Gasteiger partial charge in [-0.15, -0.1) is 0 Å². The van der Waals surface area contributed by atoms with E-state index in [9.17, 15) is 8.42 Å². The van der Waals surface area contributed by atoms with Gasteiger partial charge in [0.15, 0.2) is 0 Å². The zero-order valence-corrected chi connectivity index (χ0v) is 14.4. The Hall–Kier alpha value is -0.170. The Morgan fingerprint density at radius 3 is 2.38 bits per heavy atom. The van der Waals surface area contributed by atoms with Crippen LogP contribution in [0.5, 0.6) is 0 Å². The molecule has 2 heterocycles. The Balaban J connectivity index is 1.77. The quantitative estimate of drug-likeness (QED) is 0.739. The van der Waals surface area contributed by atoms with Gasteiger partial charge in [0.05, 0.1) is 5.75 Å². The Kier molecular flexibility index (Phi) is 6.47. The van der Waals surface area contributed by atoms with Crippen LogP contribution in [-0.2, 0) is 10.0 Å². The predicted molar refractivity (Wildman–Crippen MR) is 87.0 cm³/mol. The highest BCUT2D eigenvalue weighted by atomic mass is 32.2. The molecule has 0 radical (unpaired) electrons. The van der Waals surface area contributed by atoms with Crippen LogP contribution < -0.4 is 0 Å². The molecule has 0 amide bonds. The Morgan fingerprint density at radius 2 is 1.76 bits per heavy atom. The predicted octanol–water partition coefficient (Wildman–Crippen LogP) is 1.22. The molecule has 6 heteroatoms. The summed E-state index contributed by atoms with van der Waals surface area (Å²) in [5.41, 5.74) is 0. The van der Waals surface area contributed by atoms with Crippen LogP contribution in [0.15, 0.2) is 0 Å². The molecule has 0 spiro atoms. The zero-order valence-electron chi connectivity index (χ0n) is 13.6. The van der Waals surface area contributed by atoms with Gasteiger partial charge in [0.1, 0.15) is 0 Å². The summed E-state index contributed by atoms with van der Waals surface area (Å²) in [5, 5.41) is 0. The van der Waals surface area contributed by atoms with Crippen LogP contribution in [0.25, 0.3) is 0 Å². The summed E-state index contributed by atoms with van der Waals surface area (Å²) in [7, 11) is -0.799. The maximum atomic E-state index is 12.2. The number of piperazine rings is 1. The van der Waals surface area contributed by atoms with E-state index in [2.05, 4.69) is 16.8 Å². The van der Waals surface area contributed by atoms with E-state index in [1.165, 1.54) is 25.8 Å². The first kappa shape index (κ1) is 17.2. The average molecular weight is 317 g/mol. The molecule has 0 aliphatic carbocycles. The van der Waals surface area contributed by atoms with Gasteiger partial charge >= 0.3 is 0 Å². The van der Waals surface area contributed by atoms with Gasteiger partial charge in [0.2, 0.25) is 10.0 Å².